The maximum absolute atomic E-state index is 6.30. The summed E-state index contributed by atoms with van der Waals surface area (Å²) < 4.78 is 0. The van der Waals surface area contributed by atoms with E-state index in [-0.39, 0.29) is 6.04 Å². The Morgan fingerprint density at radius 1 is 1.00 bits per heavy atom. The molecule has 0 bridgehead atoms. The van der Waals surface area contributed by atoms with Crippen LogP contribution in [0.4, 0.5) is 5.69 Å². The minimum Gasteiger partial charge on any atom is -0.374 e. The van der Waals surface area contributed by atoms with Gasteiger partial charge in [0.1, 0.15) is 0 Å². The Bertz CT molecular complexity index is 690. The van der Waals surface area contributed by atoms with Crippen LogP contribution in [-0.4, -0.2) is 13.6 Å². The number of aryl methyl sites for hydroxylation is 1. The lowest BCUT2D eigenvalue weighted by Gasteiger charge is -2.23. The fourth-order valence-electron chi connectivity index (χ4n) is 3.76. The number of anilines is 1. The van der Waals surface area contributed by atoms with Gasteiger partial charge < -0.3 is 10.6 Å². The van der Waals surface area contributed by atoms with Crippen molar-refractivity contribution in [2.24, 2.45) is 5.73 Å². The van der Waals surface area contributed by atoms with Crippen LogP contribution < -0.4 is 10.6 Å². The first-order valence-corrected chi connectivity index (χ1v) is 7.95. The summed E-state index contributed by atoms with van der Waals surface area (Å²) in [4.78, 5) is 2.34. The van der Waals surface area contributed by atoms with Crippen molar-refractivity contribution < 1.29 is 0 Å². The van der Waals surface area contributed by atoms with Gasteiger partial charge in [0.05, 0.1) is 0 Å². The van der Waals surface area contributed by atoms with Crippen LogP contribution >= 0.6 is 0 Å². The van der Waals surface area contributed by atoms with Gasteiger partial charge in [0.2, 0.25) is 0 Å². The first-order chi connectivity index (χ1) is 10.2. The molecule has 0 saturated heterocycles. The summed E-state index contributed by atoms with van der Waals surface area (Å²) >= 11 is 0. The van der Waals surface area contributed by atoms with Gasteiger partial charge in [-0.1, -0.05) is 18.2 Å². The van der Waals surface area contributed by atoms with Crippen molar-refractivity contribution in [3.63, 3.8) is 0 Å². The maximum atomic E-state index is 6.30. The standard InChI is InChI=1S/C19H22N2/c1-21-10-9-16-11-14(7-8-19(16)21)15-6-5-13-3-2-4-18(20)17(13)12-15/h5-8,11-12,18H,2-4,9-10,20H2,1H3. The molecular formula is C19H22N2. The van der Waals surface area contributed by atoms with Gasteiger partial charge in [0.15, 0.2) is 0 Å². The first kappa shape index (κ1) is 12.9. The Morgan fingerprint density at radius 2 is 1.81 bits per heavy atom. The lowest BCUT2D eigenvalue weighted by Crippen LogP contribution is -2.17. The molecule has 2 N–H and O–H groups in total. The normalized spacial score (nSPS) is 20.3. The Morgan fingerprint density at radius 3 is 2.71 bits per heavy atom. The number of fused-ring (bicyclic) bond motifs is 2. The van der Waals surface area contributed by atoms with Crippen molar-refractivity contribution in [1.82, 2.24) is 0 Å². The molecular weight excluding hydrogens is 256 g/mol. The molecule has 2 aromatic carbocycles. The third kappa shape index (κ3) is 2.14. The molecule has 2 heteroatoms. The van der Waals surface area contributed by atoms with E-state index in [1.54, 1.807) is 0 Å². The topological polar surface area (TPSA) is 29.3 Å². The van der Waals surface area contributed by atoms with Crippen molar-refractivity contribution in [3.8, 4) is 11.1 Å². The fourth-order valence-corrected chi connectivity index (χ4v) is 3.76. The quantitative estimate of drug-likeness (QED) is 0.862. The molecule has 4 rings (SSSR count). The number of rotatable bonds is 1. The molecule has 21 heavy (non-hydrogen) atoms. The second-order valence-electron chi connectivity index (χ2n) is 6.43. The van der Waals surface area contributed by atoms with E-state index in [1.807, 2.05) is 0 Å². The van der Waals surface area contributed by atoms with Crippen molar-refractivity contribution in [1.29, 1.82) is 0 Å². The summed E-state index contributed by atoms with van der Waals surface area (Å²) in [6, 6.07) is 13.9. The summed E-state index contributed by atoms with van der Waals surface area (Å²) in [5, 5.41) is 0. The zero-order valence-electron chi connectivity index (χ0n) is 12.6. The van der Waals surface area contributed by atoms with E-state index in [0.717, 1.165) is 19.4 Å². The highest BCUT2D eigenvalue weighted by Gasteiger charge is 2.19. The zero-order valence-corrected chi connectivity index (χ0v) is 12.6. The smallest absolute Gasteiger partial charge is 0.0397 e. The lowest BCUT2D eigenvalue weighted by atomic mass is 9.86. The number of nitrogens with two attached hydrogens (primary N) is 1. The van der Waals surface area contributed by atoms with Crippen LogP contribution in [0.1, 0.15) is 35.6 Å². The van der Waals surface area contributed by atoms with Crippen LogP contribution in [0.3, 0.4) is 0 Å². The highest BCUT2D eigenvalue weighted by atomic mass is 15.1. The second-order valence-corrected chi connectivity index (χ2v) is 6.43. The second kappa shape index (κ2) is 4.88. The Kier molecular flexibility index (Phi) is 3.00. The third-order valence-electron chi connectivity index (χ3n) is 5.05. The number of nitrogens with zero attached hydrogens (tertiary/aromatic N) is 1. The van der Waals surface area contributed by atoms with Gasteiger partial charge in [-0.3, -0.25) is 0 Å². The van der Waals surface area contributed by atoms with Gasteiger partial charge in [-0.05, 0) is 71.7 Å². The minimum absolute atomic E-state index is 0.217. The third-order valence-corrected chi connectivity index (χ3v) is 5.05. The van der Waals surface area contributed by atoms with Crippen LogP contribution in [0.5, 0.6) is 0 Å². The molecule has 2 aromatic rings. The van der Waals surface area contributed by atoms with Crippen molar-refractivity contribution in [3.05, 3.63) is 53.1 Å². The van der Waals surface area contributed by atoms with E-state index in [4.69, 9.17) is 5.73 Å². The van der Waals surface area contributed by atoms with Crippen molar-refractivity contribution >= 4 is 5.69 Å². The number of likely N-dealkylation sites (N-methyl/N-ethyl adjacent to an activating group) is 1. The van der Waals surface area contributed by atoms with E-state index in [2.05, 4.69) is 48.3 Å². The summed E-state index contributed by atoms with van der Waals surface area (Å²) in [5.41, 5.74) is 14.6. The highest BCUT2D eigenvalue weighted by molar-refractivity contribution is 5.71. The van der Waals surface area contributed by atoms with Crippen molar-refractivity contribution in [2.75, 3.05) is 18.5 Å². The van der Waals surface area contributed by atoms with Gasteiger partial charge in [0.25, 0.3) is 0 Å². The Balaban J connectivity index is 1.76. The summed E-state index contributed by atoms with van der Waals surface area (Å²) in [7, 11) is 2.17. The highest BCUT2D eigenvalue weighted by Crippen LogP contribution is 2.35. The number of benzene rings is 2. The lowest BCUT2D eigenvalue weighted by molar-refractivity contribution is 0.571. The van der Waals surface area contributed by atoms with E-state index < -0.39 is 0 Å². The molecule has 0 amide bonds. The Hall–Kier alpha value is -1.80. The molecule has 1 aliphatic carbocycles. The number of hydrogen-bond acceptors (Lipinski definition) is 2. The molecule has 2 aliphatic rings. The molecule has 0 radical (unpaired) electrons. The zero-order chi connectivity index (χ0) is 14.4. The molecule has 1 atom stereocenters. The molecule has 0 fully saturated rings. The van der Waals surface area contributed by atoms with Crippen LogP contribution in [0.15, 0.2) is 36.4 Å². The largest absolute Gasteiger partial charge is 0.374 e. The van der Waals surface area contributed by atoms with Gasteiger partial charge in [0, 0.05) is 25.3 Å². The van der Waals surface area contributed by atoms with E-state index in [1.165, 1.54) is 46.3 Å². The molecule has 1 unspecified atom stereocenters. The Labute approximate surface area is 126 Å². The molecule has 0 aromatic heterocycles. The SMILES string of the molecule is CN1CCc2cc(-c3ccc4c(c3)C(N)CCC4)ccc21. The van der Waals surface area contributed by atoms with E-state index in [0.29, 0.717) is 0 Å². The predicted molar refractivity (Wildman–Crippen MR) is 88.7 cm³/mol. The minimum atomic E-state index is 0.217. The maximum Gasteiger partial charge on any atom is 0.0397 e. The molecule has 1 aliphatic heterocycles. The van der Waals surface area contributed by atoms with Gasteiger partial charge in [-0.15, -0.1) is 0 Å². The molecule has 108 valence electrons. The average molecular weight is 278 g/mol. The van der Waals surface area contributed by atoms with Crippen LogP contribution in [0.2, 0.25) is 0 Å². The molecule has 0 spiro atoms. The van der Waals surface area contributed by atoms with E-state index >= 15 is 0 Å². The van der Waals surface area contributed by atoms with Gasteiger partial charge in [-0.2, -0.15) is 0 Å². The molecule has 0 saturated carbocycles. The first-order valence-electron chi connectivity index (χ1n) is 7.95. The fraction of sp³-hybridized carbons (Fsp3) is 0.368. The van der Waals surface area contributed by atoms with Gasteiger partial charge >= 0.3 is 0 Å². The van der Waals surface area contributed by atoms with Gasteiger partial charge in [-0.25, -0.2) is 0 Å². The van der Waals surface area contributed by atoms with E-state index in [9.17, 15) is 0 Å². The monoisotopic (exact) mass is 278 g/mol. The number of hydrogen-bond donors (Lipinski definition) is 1. The average Bonchev–Trinajstić information content (AvgIpc) is 2.88. The predicted octanol–water partition coefficient (Wildman–Crippen LogP) is 3.68. The van der Waals surface area contributed by atoms with Crippen LogP contribution in [-0.2, 0) is 12.8 Å². The van der Waals surface area contributed by atoms with Crippen LogP contribution in [0.25, 0.3) is 11.1 Å². The summed E-state index contributed by atoms with van der Waals surface area (Å²) in [5.74, 6) is 0. The molecule has 1 heterocycles. The van der Waals surface area contributed by atoms with Crippen LogP contribution in [0, 0.1) is 0 Å². The molecule has 2 nitrogen and oxygen atoms in total. The van der Waals surface area contributed by atoms with Crippen molar-refractivity contribution in [2.45, 2.75) is 31.7 Å². The summed E-state index contributed by atoms with van der Waals surface area (Å²) in [6.45, 7) is 1.13. The summed E-state index contributed by atoms with van der Waals surface area (Å²) in [6.07, 6.45) is 4.67.